The standard InChI is InChI=1S/C8H7ClO2S/c1-4-6(12)3-2-5(7(4)9)8(10)11/h2-3,12H,1H3,(H,10,11). The van der Waals surface area contributed by atoms with Gasteiger partial charge in [-0.2, -0.15) is 0 Å². The zero-order valence-corrected chi connectivity index (χ0v) is 7.99. The third-order valence-electron chi connectivity index (χ3n) is 1.59. The summed E-state index contributed by atoms with van der Waals surface area (Å²) >= 11 is 9.87. The molecular weight excluding hydrogens is 196 g/mol. The van der Waals surface area contributed by atoms with Gasteiger partial charge in [-0.1, -0.05) is 11.6 Å². The molecule has 1 rings (SSSR count). The van der Waals surface area contributed by atoms with E-state index >= 15 is 0 Å². The van der Waals surface area contributed by atoms with E-state index in [0.717, 1.165) is 0 Å². The van der Waals surface area contributed by atoms with Gasteiger partial charge < -0.3 is 5.11 Å². The van der Waals surface area contributed by atoms with Gasteiger partial charge in [-0.3, -0.25) is 0 Å². The third-order valence-corrected chi connectivity index (χ3v) is 2.56. The maximum absolute atomic E-state index is 10.6. The molecule has 0 atom stereocenters. The van der Waals surface area contributed by atoms with Gasteiger partial charge in [0.1, 0.15) is 0 Å². The van der Waals surface area contributed by atoms with Gasteiger partial charge in [-0.25, -0.2) is 4.79 Å². The zero-order valence-electron chi connectivity index (χ0n) is 6.34. The van der Waals surface area contributed by atoms with E-state index in [2.05, 4.69) is 12.6 Å². The lowest BCUT2D eigenvalue weighted by Gasteiger charge is -2.04. The number of benzene rings is 1. The van der Waals surface area contributed by atoms with Crippen LogP contribution in [0.15, 0.2) is 17.0 Å². The highest BCUT2D eigenvalue weighted by atomic mass is 35.5. The van der Waals surface area contributed by atoms with Crippen molar-refractivity contribution < 1.29 is 9.90 Å². The van der Waals surface area contributed by atoms with Gasteiger partial charge in [-0.05, 0) is 24.6 Å². The molecule has 2 nitrogen and oxygen atoms in total. The van der Waals surface area contributed by atoms with E-state index < -0.39 is 5.97 Å². The highest BCUT2D eigenvalue weighted by Crippen LogP contribution is 2.25. The maximum Gasteiger partial charge on any atom is 0.337 e. The largest absolute Gasteiger partial charge is 0.478 e. The maximum atomic E-state index is 10.6. The van der Waals surface area contributed by atoms with Crippen LogP contribution < -0.4 is 0 Å². The van der Waals surface area contributed by atoms with Crippen LogP contribution in [0.5, 0.6) is 0 Å². The monoisotopic (exact) mass is 202 g/mol. The van der Waals surface area contributed by atoms with Crippen molar-refractivity contribution in [2.75, 3.05) is 0 Å². The summed E-state index contributed by atoms with van der Waals surface area (Å²) in [6, 6.07) is 3.06. The van der Waals surface area contributed by atoms with Crippen LogP contribution in [0.4, 0.5) is 0 Å². The fourth-order valence-corrected chi connectivity index (χ4v) is 1.34. The fourth-order valence-electron chi connectivity index (χ4n) is 0.840. The molecule has 4 heteroatoms. The molecule has 0 saturated carbocycles. The topological polar surface area (TPSA) is 37.3 Å². The van der Waals surface area contributed by atoms with Crippen LogP contribution in [0, 0.1) is 6.92 Å². The molecule has 1 N–H and O–H groups in total. The number of halogens is 1. The molecule has 0 spiro atoms. The molecule has 0 aromatic heterocycles. The summed E-state index contributed by atoms with van der Waals surface area (Å²) in [6.07, 6.45) is 0. The van der Waals surface area contributed by atoms with E-state index in [9.17, 15) is 4.79 Å². The Morgan fingerprint density at radius 1 is 1.58 bits per heavy atom. The number of carboxylic acids is 1. The summed E-state index contributed by atoms with van der Waals surface area (Å²) in [6.45, 7) is 1.73. The second kappa shape index (κ2) is 3.37. The van der Waals surface area contributed by atoms with Crippen molar-refractivity contribution in [2.45, 2.75) is 11.8 Å². The Morgan fingerprint density at radius 2 is 2.17 bits per heavy atom. The minimum absolute atomic E-state index is 0.118. The first-order valence-corrected chi connectivity index (χ1v) is 4.08. The van der Waals surface area contributed by atoms with Crippen LogP contribution in [0.3, 0.4) is 0 Å². The zero-order chi connectivity index (χ0) is 9.30. The first-order chi connectivity index (χ1) is 5.54. The van der Waals surface area contributed by atoms with E-state index in [-0.39, 0.29) is 10.6 Å². The molecule has 1 aromatic carbocycles. The van der Waals surface area contributed by atoms with Crippen molar-refractivity contribution in [1.82, 2.24) is 0 Å². The Balaban J connectivity index is 3.36. The van der Waals surface area contributed by atoms with Crippen LogP contribution in [-0.2, 0) is 0 Å². The quantitative estimate of drug-likeness (QED) is 0.687. The Bertz CT molecular complexity index is 336. The Kier molecular flexibility index (Phi) is 2.65. The molecule has 0 amide bonds. The first-order valence-electron chi connectivity index (χ1n) is 3.25. The number of carboxylic acid groups (broad SMARTS) is 1. The lowest BCUT2D eigenvalue weighted by molar-refractivity contribution is 0.0697. The molecule has 1 aromatic rings. The Morgan fingerprint density at radius 3 is 2.67 bits per heavy atom. The van der Waals surface area contributed by atoms with Gasteiger partial charge in [0.2, 0.25) is 0 Å². The molecule has 0 aliphatic rings. The molecule has 0 saturated heterocycles. The first kappa shape index (κ1) is 9.42. The van der Waals surface area contributed by atoms with Gasteiger partial charge in [0.15, 0.2) is 0 Å². The molecule has 12 heavy (non-hydrogen) atoms. The van der Waals surface area contributed by atoms with Gasteiger partial charge in [-0.15, -0.1) is 12.6 Å². The molecule has 0 aliphatic carbocycles. The lowest BCUT2D eigenvalue weighted by Crippen LogP contribution is -1.98. The summed E-state index contributed by atoms with van der Waals surface area (Å²) in [7, 11) is 0. The smallest absolute Gasteiger partial charge is 0.337 e. The van der Waals surface area contributed by atoms with Crippen LogP contribution >= 0.6 is 24.2 Å². The van der Waals surface area contributed by atoms with Crippen LogP contribution in [-0.4, -0.2) is 11.1 Å². The number of carbonyl (C=O) groups is 1. The lowest BCUT2D eigenvalue weighted by atomic mass is 10.1. The number of thiol groups is 1. The minimum atomic E-state index is -1.02. The number of rotatable bonds is 1. The fraction of sp³-hybridized carbons (Fsp3) is 0.125. The predicted octanol–water partition coefficient (Wildman–Crippen LogP) is 2.64. The second-order valence-corrected chi connectivity index (χ2v) is 3.24. The number of hydrogen-bond acceptors (Lipinski definition) is 2. The molecule has 0 aliphatic heterocycles. The van der Waals surface area contributed by atoms with Gasteiger partial charge >= 0.3 is 5.97 Å². The molecule has 0 radical (unpaired) electrons. The predicted molar refractivity (Wildman–Crippen MR) is 50.4 cm³/mol. The van der Waals surface area contributed by atoms with Crippen molar-refractivity contribution in [3.05, 3.63) is 28.3 Å². The van der Waals surface area contributed by atoms with Crippen LogP contribution in [0.1, 0.15) is 15.9 Å². The highest BCUT2D eigenvalue weighted by molar-refractivity contribution is 7.80. The Labute approximate surface area is 80.6 Å². The van der Waals surface area contributed by atoms with E-state index in [1.54, 1.807) is 13.0 Å². The summed E-state index contributed by atoms with van der Waals surface area (Å²) in [5.41, 5.74) is 0.812. The van der Waals surface area contributed by atoms with E-state index in [1.807, 2.05) is 0 Å². The molecule has 0 heterocycles. The summed E-state index contributed by atoms with van der Waals surface area (Å²) in [5, 5.41) is 8.93. The molecular formula is C8H7ClO2S. The van der Waals surface area contributed by atoms with Gasteiger partial charge in [0.05, 0.1) is 10.6 Å². The van der Waals surface area contributed by atoms with Gasteiger partial charge in [0, 0.05) is 4.90 Å². The van der Waals surface area contributed by atoms with Crippen molar-refractivity contribution in [3.63, 3.8) is 0 Å². The summed E-state index contributed by atoms with van der Waals surface area (Å²) < 4.78 is 0. The minimum Gasteiger partial charge on any atom is -0.478 e. The molecule has 0 unspecified atom stereocenters. The Hall–Kier alpha value is -0.670. The third kappa shape index (κ3) is 1.57. The number of aromatic carboxylic acids is 1. The van der Waals surface area contributed by atoms with E-state index in [1.165, 1.54) is 6.07 Å². The van der Waals surface area contributed by atoms with Crippen molar-refractivity contribution in [2.24, 2.45) is 0 Å². The van der Waals surface area contributed by atoms with Crippen LogP contribution in [0.25, 0.3) is 0 Å². The van der Waals surface area contributed by atoms with Crippen molar-refractivity contribution in [3.8, 4) is 0 Å². The molecule has 64 valence electrons. The van der Waals surface area contributed by atoms with Crippen molar-refractivity contribution >= 4 is 30.2 Å². The highest BCUT2D eigenvalue weighted by Gasteiger charge is 2.11. The second-order valence-electron chi connectivity index (χ2n) is 2.38. The summed E-state index contributed by atoms with van der Waals surface area (Å²) in [5.74, 6) is -1.02. The van der Waals surface area contributed by atoms with Crippen LogP contribution in [0.2, 0.25) is 5.02 Å². The van der Waals surface area contributed by atoms with Crippen molar-refractivity contribution in [1.29, 1.82) is 0 Å². The molecule has 0 bridgehead atoms. The summed E-state index contributed by atoms with van der Waals surface area (Å²) in [4.78, 5) is 11.3. The van der Waals surface area contributed by atoms with Gasteiger partial charge in [0.25, 0.3) is 0 Å². The number of hydrogen-bond donors (Lipinski definition) is 2. The molecule has 0 fully saturated rings. The average Bonchev–Trinajstić information content (AvgIpc) is 2.00. The van der Waals surface area contributed by atoms with E-state index in [4.69, 9.17) is 16.7 Å². The average molecular weight is 203 g/mol. The SMILES string of the molecule is Cc1c(S)ccc(C(=O)O)c1Cl. The van der Waals surface area contributed by atoms with E-state index in [0.29, 0.717) is 10.5 Å². The normalized spacial score (nSPS) is 9.92.